The van der Waals surface area contributed by atoms with Gasteiger partial charge in [-0.2, -0.15) is 0 Å². The van der Waals surface area contributed by atoms with Crippen molar-refractivity contribution < 1.29 is 4.79 Å². The first-order valence-electron chi connectivity index (χ1n) is 7.11. The van der Waals surface area contributed by atoms with Gasteiger partial charge in [0, 0.05) is 24.5 Å². The van der Waals surface area contributed by atoms with Crippen LogP contribution < -0.4 is 16.0 Å². The van der Waals surface area contributed by atoms with Gasteiger partial charge in [-0.3, -0.25) is 4.79 Å². The molecule has 1 aliphatic carbocycles. The van der Waals surface area contributed by atoms with E-state index in [0.29, 0.717) is 24.5 Å². The summed E-state index contributed by atoms with van der Waals surface area (Å²) < 4.78 is 0. The van der Waals surface area contributed by atoms with Crippen LogP contribution in [0.2, 0.25) is 0 Å². The third-order valence-electron chi connectivity index (χ3n) is 3.97. The van der Waals surface area contributed by atoms with Crippen molar-refractivity contribution in [2.75, 3.05) is 19.6 Å². The number of nitrogens with one attached hydrogen (secondary N) is 3. The van der Waals surface area contributed by atoms with E-state index in [1.165, 1.54) is 5.56 Å². The van der Waals surface area contributed by atoms with Crippen LogP contribution in [0, 0.1) is 0 Å². The van der Waals surface area contributed by atoms with E-state index in [4.69, 9.17) is 0 Å². The zero-order valence-electron chi connectivity index (χ0n) is 11.1. The van der Waals surface area contributed by atoms with E-state index in [0.717, 1.165) is 25.9 Å². The van der Waals surface area contributed by atoms with Crippen LogP contribution in [0.15, 0.2) is 30.3 Å². The van der Waals surface area contributed by atoms with Crippen LogP contribution in [-0.4, -0.2) is 37.6 Å². The van der Waals surface area contributed by atoms with Crippen LogP contribution in [0.25, 0.3) is 0 Å². The number of carbonyl (C=O) groups excluding carboxylic acids is 1. The quantitative estimate of drug-likeness (QED) is 0.726. The molecule has 4 nitrogen and oxygen atoms in total. The summed E-state index contributed by atoms with van der Waals surface area (Å²) in [4.78, 5) is 11.8. The topological polar surface area (TPSA) is 53.2 Å². The highest BCUT2D eigenvalue weighted by atomic mass is 16.2. The maximum atomic E-state index is 11.8. The molecular weight excluding hydrogens is 238 g/mol. The molecule has 19 heavy (non-hydrogen) atoms. The molecule has 1 aromatic carbocycles. The molecule has 0 radical (unpaired) electrons. The molecule has 3 rings (SSSR count). The van der Waals surface area contributed by atoms with E-state index in [1.54, 1.807) is 0 Å². The third kappa shape index (κ3) is 3.33. The van der Waals surface area contributed by atoms with Gasteiger partial charge in [0.1, 0.15) is 0 Å². The Morgan fingerprint density at radius 3 is 2.89 bits per heavy atom. The Labute approximate surface area is 114 Å². The van der Waals surface area contributed by atoms with E-state index >= 15 is 0 Å². The molecule has 1 saturated carbocycles. The monoisotopic (exact) mass is 259 g/mol. The summed E-state index contributed by atoms with van der Waals surface area (Å²) in [5, 5.41) is 9.65. The second-order valence-electron chi connectivity index (χ2n) is 5.50. The van der Waals surface area contributed by atoms with Crippen molar-refractivity contribution in [1.82, 2.24) is 16.0 Å². The van der Waals surface area contributed by atoms with Gasteiger partial charge in [-0.15, -0.1) is 0 Å². The lowest BCUT2D eigenvalue weighted by Crippen LogP contribution is -2.42. The van der Waals surface area contributed by atoms with E-state index in [9.17, 15) is 4.79 Å². The number of hydrogen-bond donors (Lipinski definition) is 3. The summed E-state index contributed by atoms with van der Waals surface area (Å²) in [6.45, 7) is 2.35. The van der Waals surface area contributed by atoms with Crippen molar-refractivity contribution in [3.05, 3.63) is 35.9 Å². The van der Waals surface area contributed by atoms with Gasteiger partial charge in [0.25, 0.3) is 0 Å². The smallest absolute Gasteiger partial charge is 0.234 e. The number of rotatable bonds is 5. The van der Waals surface area contributed by atoms with Crippen LogP contribution in [0.4, 0.5) is 0 Å². The van der Waals surface area contributed by atoms with Gasteiger partial charge in [-0.25, -0.2) is 0 Å². The zero-order valence-corrected chi connectivity index (χ0v) is 11.1. The van der Waals surface area contributed by atoms with Crippen LogP contribution in [0.5, 0.6) is 0 Å². The highest BCUT2D eigenvalue weighted by Crippen LogP contribution is 2.40. The molecule has 0 aromatic heterocycles. The minimum absolute atomic E-state index is 0.118. The molecule has 3 N–H and O–H groups in total. The average Bonchev–Trinajstić information content (AvgIpc) is 3.05. The Morgan fingerprint density at radius 1 is 1.32 bits per heavy atom. The predicted octanol–water partition coefficient (Wildman–Crippen LogP) is 0.610. The van der Waals surface area contributed by atoms with Crippen molar-refractivity contribution in [3.63, 3.8) is 0 Å². The third-order valence-corrected chi connectivity index (χ3v) is 3.97. The minimum atomic E-state index is 0.118. The first-order chi connectivity index (χ1) is 9.33. The van der Waals surface area contributed by atoms with Gasteiger partial charge in [-0.05, 0) is 24.9 Å². The Hall–Kier alpha value is -1.39. The molecule has 1 saturated heterocycles. The molecule has 0 unspecified atom stereocenters. The molecule has 4 heteroatoms. The lowest BCUT2D eigenvalue weighted by atomic mass is 10.1. The molecule has 102 valence electrons. The van der Waals surface area contributed by atoms with Gasteiger partial charge in [0.2, 0.25) is 5.91 Å². The standard InChI is InChI=1S/C15H21N3O/c19-15(18-12-6-7-16-9-12)10-17-14-8-13(14)11-4-2-1-3-5-11/h1-5,12-14,16-17H,6-10H2,(H,18,19)/t12-,13+,14-/m1/s1. The first kappa shape index (κ1) is 12.6. The number of hydrogen-bond acceptors (Lipinski definition) is 3. The molecule has 2 fully saturated rings. The largest absolute Gasteiger partial charge is 0.351 e. The van der Waals surface area contributed by atoms with Crippen LogP contribution in [-0.2, 0) is 4.79 Å². The van der Waals surface area contributed by atoms with Crippen LogP contribution in [0.3, 0.4) is 0 Å². The fourth-order valence-corrected chi connectivity index (χ4v) is 2.77. The van der Waals surface area contributed by atoms with Crippen LogP contribution in [0.1, 0.15) is 24.3 Å². The van der Waals surface area contributed by atoms with Gasteiger partial charge < -0.3 is 16.0 Å². The summed E-state index contributed by atoms with van der Waals surface area (Å²) >= 11 is 0. The normalized spacial score (nSPS) is 29.2. The van der Waals surface area contributed by atoms with Crippen molar-refractivity contribution in [1.29, 1.82) is 0 Å². The Bertz CT molecular complexity index is 428. The Morgan fingerprint density at radius 2 is 2.16 bits per heavy atom. The fourth-order valence-electron chi connectivity index (χ4n) is 2.77. The molecule has 0 spiro atoms. The highest BCUT2D eigenvalue weighted by molar-refractivity contribution is 5.78. The maximum absolute atomic E-state index is 11.8. The van der Waals surface area contributed by atoms with Crippen LogP contribution >= 0.6 is 0 Å². The Kier molecular flexibility index (Phi) is 3.80. The lowest BCUT2D eigenvalue weighted by molar-refractivity contribution is -0.120. The summed E-state index contributed by atoms with van der Waals surface area (Å²) in [7, 11) is 0. The SMILES string of the molecule is O=C(CN[C@@H]1C[C@H]1c1ccccc1)N[C@@H]1CCNC1. The van der Waals surface area contributed by atoms with E-state index in [-0.39, 0.29) is 5.91 Å². The van der Waals surface area contributed by atoms with Gasteiger partial charge >= 0.3 is 0 Å². The molecule has 1 amide bonds. The van der Waals surface area contributed by atoms with Crippen molar-refractivity contribution >= 4 is 5.91 Å². The first-order valence-corrected chi connectivity index (χ1v) is 7.11. The van der Waals surface area contributed by atoms with E-state index < -0.39 is 0 Å². The highest BCUT2D eigenvalue weighted by Gasteiger charge is 2.37. The van der Waals surface area contributed by atoms with Gasteiger partial charge in [-0.1, -0.05) is 30.3 Å². The van der Waals surface area contributed by atoms with Crippen molar-refractivity contribution in [2.24, 2.45) is 0 Å². The summed E-state index contributed by atoms with van der Waals surface area (Å²) in [5.41, 5.74) is 1.38. The van der Waals surface area contributed by atoms with E-state index in [1.807, 2.05) is 6.07 Å². The molecule has 1 aliphatic heterocycles. The van der Waals surface area contributed by atoms with Crippen molar-refractivity contribution in [2.45, 2.75) is 30.8 Å². The summed E-state index contributed by atoms with van der Waals surface area (Å²) in [6.07, 6.45) is 2.18. The molecule has 0 bridgehead atoms. The second kappa shape index (κ2) is 5.72. The summed E-state index contributed by atoms with van der Waals surface area (Å²) in [5.74, 6) is 0.703. The molecule has 3 atom stereocenters. The molecule has 1 heterocycles. The molecule has 1 aromatic rings. The van der Waals surface area contributed by atoms with Gasteiger partial charge in [0.05, 0.1) is 6.54 Å². The van der Waals surface area contributed by atoms with E-state index in [2.05, 4.69) is 40.2 Å². The predicted molar refractivity (Wildman–Crippen MR) is 75.0 cm³/mol. The second-order valence-corrected chi connectivity index (χ2v) is 5.50. The fraction of sp³-hybridized carbons (Fsp3) is 0.533. The minimum Gasteiger partial charge on any atom is -0.351 e. The summed E-state index contributed by atoms with van der Waals surface area (Å²) in [6, 6.07) is 11.3. The van der Waals surface area contributed by atoms with Gasteiger partial charge in [0.15, 0.2) is 0 Å². The number of amides is 1. The number of benzene rings is 1. The zero-order chi connectivity index (χ0) is 13.1. The average molecular weight is 259 g/mol. The molecular formula is C15H21N3O. The maximum Gasteiger partial charge on any atom is 0.234 e. The van der Waals surface area contributed by atoms with Crippen molar-refractivity contribution in [3.8, 4) is 0 Å². The Balaban J connectivity index is 1.38. The number of carbonyl (C=O) groups is 1. The lowest BCUT2D eigenvalue weighted by Gasteiger charge is -2.11. The molecule has 2 aliphatic rings.